The Hall–Kier alpha value is -0.500. The number of hydrogen-bond donors (Lipinski definition) is 0. The predicted octanol–water partition coefficient (Wildman–Crippen LogP) is 4.04. The molecule has 0 spiro atoms. The molecule has 0 aliphatic carbocycles. The fourth-order valence-electron chi connectivity index (χ4n) is 1.43. The van der Waals surface area contributed by atoms with Crippen molar-refractivity contribution >= 4 is 38.5 Å². The summed E-state index contributed by atoms with van der Waals surface area (Å²) in [6.45, 7) is -0.460. The number of halogens is 4. The van der Waals surface area contributed by atoms with Crippen LogP contribution >= 0.6 is 38.5 Å². The lowest BCUT2D eigenvalue weighted by Crippen LogP contribution is -2.21. The number of hydrogen-bond acceptors (Lipinski definition) is 1. The van der Waals surface area contributed by atoms with Crippen LogP contribution in [0.15, 0.2) is 41.0 Å². The number of alkyl halides is 2. The van der Waals surface area contributed by atoms with E-state index < -0.39 is 12.5 Å². The lowest BCUT2D eigenvalue weighted by molar-refractivity contribution is -0.0255. The third-order valence-corrected chi connectivity index (χ3v) is 4.35. The van der Waals surface area contributed by atoms with Gasteiger partial charge < -0.3 is 0 Å². The lowest BCUT2D eigenvalue weighted by atomic mass is 10.1. The summed E-state index contributed by atoms with van der Waals surface area (Å²) in [7, 11) is 0. The van der Waals surface area contributed by atoms with Gasteiger partial charge >= 0.3 is 0 Å². The van der Waals surface area contributed by atoms with E-state index in [9.17, 15) is 8.78 Å². The Morgan fingerprint density at radius 3 is 2.47 bits per heavy atom. The van der Waals surface area contributed by atoms with Crippen molar-refractivity contribution in [1.82, 2.24) is 9.78 Å². The molecule has 0 bridgehead atoms. The van der Waals surface area contributed by atoms with Crippen molar-refractivity contribution in [3.05, 3.63) is 50.3 Å². The van der Waals surface area contributed by atoms with Crippen molar-refractivity contribution < 1.29 is 8.78 Å². The molecular weight excluding hydrogens is 405 g/mol. The van der Waals surface area contributed by atoms with Gasteiger partial charge in [-0.1, -0.05) is 30.3 Å². The maximum Gasteiger partial charge on any atom is 0.292 e. The van der Waals surface area contributed by atoms with Gasteiger partial charge in [0.25, 0.3) is 5.92 Å². The predicted molar refractivity (Wildman–Crippen MR) is 73.0 cm³/mol. The van der Waals surface area contributed by atoms with Crippen LogP contribution in [0.3, 0.4) is 0 Å². The van der Waals surface area contributed by atoms with E-state index in [0.29, 0.717) is 3.70 Å². The Morgan fingerprint density at radius 1 is 1.29 bits per heavy atom. The molecule has 0 fully saturated rings. The minimum atomic E-state index is -2.92. The Kier molecular flexibility index (Phi) is 3.82. The van der Waals surface area contributed by atoms with E-state index in [-0.39, 0.29) is 5.56 Å². The summed E-state index contributed by atoms with van der Waals surface area (Å²) in [5, 5.41) is 4.00. The molecule has 0 saturated carbocycles. The molecule has 1 heterocycles. The van der Waals surface area contributed by atoms with Crippen LogP contribution < -0.4 is 0 Å². The van der Waals surface area contributed by atoms with E-state index in [4.69, 9.17) is 0 Å². The van der Waals surface area contributed by atoms with Gasteiger partial charge in [0.1, 0.15) is 10.2 Å². The highest BCUT2D eigenvalue weighted by Gasteiger charge is 2.32. The standard InChI is InChI=1S/C11H8BrF2IN2/c12-9-6-17(16-10(9)15)7-11(13,14)8-4-2-1-3-5-8/h1-6H,7H2. The zero-order valence-corrected chi connectivity index (χ0v) is 12.3. The van der Waals surface area contributed by atoms with Crippen molar-refractivity contribution in [3.63, 3.8) is 0 Å². The van der Waals surface area contributed by atoms with Gasteiger partial charge in [-0.25, -0.2) is 0 Å². The maximum absolute atomic E-state index is 13.9. The lowest BCUT2D eigenvalue weighted by Gasteiger charge is -2.16. The molecule has 90 valence electrons. The molecule has 0 atom stereocenters. The fourth-order valence-corrected chi connectivity index (χ4v) is 2.16. The van der Waals surface area contributed by atoms with Crippen LogP contribution in [0.4, 0.5) is 8.78 Å². The van der Waals surface area contributed by atoms with E-state index in [0.717, 1.165) is 4.47 Å². The van der Waals surface area contributed by atoms with Crippen molar-refractivity contribution in [3.8, 4) is 0 Å². The Labute approximate surface area is 119 Å². The molecule has 0 N–H and O–H groups in total. The molecule has 2 rings (SSSR count). The third-order valence-electron chi connectivity index (χ3n) is 2.23. The first-order valence-electron chi connectivity index (χ1n) is 4.81. The monoisotopic (exact) mass is 412 g/mol. The van der Waals surface area contributed by atoms with Gasteiger partial charge in [-0.2, -0.15) is 13.9 Å². The summed E-state index contributed by atoms with van der Waals surface area (Å²) >= 11 is 5.23. The summed E-state index contributed by atoms with van der Waals surface area (Å²) in [5.74, 6) is -2.92. The van der Waals surface area contributed by atoms with E-state index in [1.807, 2.05) is 22.6 Å². The molecule has 0 amide bonds. The highest BCUT2D eigenvalue weighted by Crippen LogP contribution is 2.30. The van der Waals surface area contributed by atoms with E-state index in [1.165, 1.54) is 16.8 Å². The van der Waals surface area contributed by atoms with E-state index >= 15 is 0 Å². The van der Waals surface area contributed by atoms with Crippen molar-refractivity contribution in [2.45, 2.75) is 12.5 Å². The van der Waals surface area contributed by atoms with Gasteiger partial charge in [0.15, 0.2) is 0 Å². The second-order valence-electron chi connectivity index (χ2n) is 3.54. The maximum atomic E-state index is 13.9. The zero-order valence-electron chi connectivity index (χ0n) is 8.58. The fraction of sp³-hybridized carbons (Fsp3) is 0.182. The van der Waals surface area contributed by atoms with Crippen molar-refractivity contribution in [2.75, 3.05) is 0 Å². The molecule has 0 aliphatic rings. The average molecular weight is 413 g/mol. The van der Waals surface area contributed by atoms with Crippen LogP contribution in [-0.4, -0.2) is 9.78 Å². The number of benzene rings is 1. The highest BCUT2D eigenvalue weighted by atomic mass is 127. The first-order chi connectivity index (χ1) is 7.99. The first kappa shape index (κ1) is 12.9. The van der Waals surface area contributed by atoms with Crippen molar-refractivity contribution in [1.29, 1.82) is 0 Å². The Balaban J connectivity index is 2.23. The quantitative estimate of drug-likeness (QED) is 0.695. The van der Waals surface area contributed by atoms with Crippen molar-refractivity contribution in [2.24, 2.45) is 0 Å². The van der Waals surface area contributed by atoms with Gasteiger partial charge in [-0.05, 0) is 38.5 Å². The van der Waals surface area contributed by atoms with E-state index in [1.54, 1.807) is 24.4 Å². The number of aromatic nitrogens is 2. The van der Waals surface area contributed by atoms with Gasteiger partial charge in [0.05, 0.1) is 4.47 Å². The van der Waals surface area contributed by atoms with Crippen LogP contribution in [0.5, 0.6) is 0 Å². The minimum absolute atomic E-state index is 0.00151. The first-order valence-corrected chi connectivity index (χ1v) is 6.68. The van der Waals surface area contributed by atoms with Gasteiger partial charge in [-0.3, -0.25) is 4.68 Å². The molecule has 6 heteroatoms. The van der Waals surface area contributed by atoms with Gasteiger partial charge in [0, 0.05) is 11.8 Å². The molecule has 0 aliphatic heterocycles. The molecule has 17 heavy (non-hydrogen) atoms. The topological polar surface area (TPSA) is 17.8 Å². The summed E-state index contributed by atoms with van der Waals surface area (Å²) in [4.78, 5) is 0. The molecule has 2 aromatic rings. The second-order valence-corrected chi connectivity index (χ2v) is 5.41. The normalized spacial score (nSPS) is 11.8. The number of nitrogens with zero attached hydrogens (tertiary/aromatic N) is 2. The largest absolute Gasteiger partial charge is 0.292 e. The van der Waals surface area contributed by atoms with Gasteiger partial charge in [0.2, 0.25) is 0 Å². The molecule has 2 nitrogen and oxygen atoms in total. The summed E-state index contributed by atoms with van der Waals surface area (Å²) in [6.07, 6.45) is 1.55. The molecule has 0 unspecified atom stereocenters. The van der Waals surface area contributed by atoms with Crippen LogP contribution in [-0.2, 0) is 12.5 Å². The van der Waals surface area contributed by atoms with Gasteiger partial charge in [-0.15, -0.1) is 0 Å². The van der Waals surface area contributed by atoms with Crippen LogP contribution in [0.2, 0.25) is 0 Å². The minimum Gasteiger partial charge on any atom is -0.264 e. The molecule has 0 saturated heterocycles. The summed E-state index contributed by atoms with van der Waals surface area (Å²) in [6, 6.07) is 7.76. The molecule has 1 aromatic carbocycles. The summed E-state index contributed by atoms with van der Waals surface area (Å²) in [5.41, 5.74) is 0.00151. The highest BCUT2D eigenvalue weighted by molar-refractivity contribution is 14.1. The number of rotatable bonds is 3. The molecule has 0 radical (unpaired) electrons. The average Bonchev–Trinajstić information content (AvgIpc) is 2.58. The zero-order chi connectivity index (χ0) is 12.5. The molecular formula is C11H8BrF2IN2. The SMILES string of the molecule is FC(F)(Cn1cc(Br)c(I)n1)c1ccccc1. The third kappa shape index (κ3) is 3.04. The van der Waals surface area contributed by atoms with Crippen LogP contribution in [0, 0.1) is 3.70 Å². The second kappa shape index (κ2) is 5.01. The Bertz CT molecular complexity index is 494. The van der Waals surface area contributed by atoms with E-state index in [2.05, 4.69) is 21.0 Å². The van der Waals surface area contributed by atoms with Crippen LogP contribution in [0.1, 0.15) is 5.56 Å². The molecule has 1 aromatic heterocycles. The summed E-state index contributed by atoms with van der Waals surface area (Å²) < 4.78 is 30.5. The Morgan fingerprint density at radius 2 is 1.94 bits per heavy atom. The smallest absolute Gasteiger partial charge is 0.264 e. The van der Waals surface area contributed by atoms with Crippen LogP contribution in [0.25, 0.3) is 0 Å².